The second-order valence-electron chi connectivity index (χ2n) is 6.48. The zero-order valence-corrected chi connectivity index (χ0v) is 18.7. The van der Waals surface area contributed by atoms with Crippen LogP contribution in [-0.2, 0) is 0 Å². The van der Waals surface area contributed by atoms with E-state index in [-0.39, 0.29) is 0 Å². The number of hydrogen-bond acceptors (Lipinski definition) is 2. The molecule has 4 aromatic rings. The summed E-state index contributed by atoms with van der Waals surface area (Å²) >= 11 is 7.25. The molecule has 136 valence electrons. The van der Waals surface area contributed by atoms with Crippen molar-refractivity contribution >= 4 is 50.4 Å². The lowest BCUT2D eigenvalue weighted by Gasteiger charge is -2.08. The van der Waals surface area contributed by atoms with Crippen molar-refractivity contribution in [2.45, 2.75) is 16.7 Å². The maximum atomic E-state index is 3.71. The Morgan fingerprint density at radius 3 is 1.89 bits per heavy atom. The molecule has 0 amide bonds. The van der Waals surface area contributed by atoms with Gasteiger partial charge in [-0.3, -0.25) is 0 Å². The maximum Gasteiger partial charge on any atom is 0.0544 e. The van der Waals surface area contributed by atoms with E-state index in [4.69, 9.17) is 0 Å². The average Bonchev–Trinajstić information content (AvgIpc) is 3.06. The van der Waals surface area contributed by atoms with Gasteiger partial charge in [0.1, 0.15) is 0 Å². The number of H-pyrrole nitrogens is 1. The van der Waals surface area contributed by atoms with Gasteiger partial charge in [0.15, 0.2) is 0 Å². The van der Waals surface area contributed by atoms with E-state index >= 15 is 0 Å². The minimum absolute atomic E-state index is 1.14. The summed E-state index contributed by atoms with van der Waals surface area (Å²) in [7, 11) is 0. The third kappa shape index (κ3) is 3.58. The summed E-state index contributed by atoms with van der Waals surface area (Å²) in [5.74, 6) is 0. The first-order valence-electron chi connectivity index (χ1n) is 8.71. The Balaban J connectivity index is 1.98. The third-order valence-electron chi connectivity index (χ3n) is 4.84. The summed E-state index contributed by atoms with van der Waals surface area (Å²) < 4.78 is 1.14. The van der Waals surface area contributed by atoms with Crippen LogP contribution in [0.15, 0.2) is 74.9 Å². The standard InChI is InChI=1S/C23H20BrNS2/c1-14-12-21-19(13-20(14)24)22(15-4-8-17(26-2)9-5-15)23(25-21)16-6-10-18(27-3)11-7-16/h4-13,25H,1-3H3. The number of benzene rings is 3. The van der Waals surface area contributed by atoms with E-state index in [2.05, 4.69) is 101 Å². The van der Waals surface area contributed by atoms with Crippen molar-refractivity contribution in [3.05, 3.63) is 70.7 Å². The fourth-order valence-corrected chi connectivity index (χ4v) is 4.52. The van der Waals surface area contributed by atoms with Gasteiger partial charge in [-0.2, -0.15) is 0 Å². The summed E-state index contributed by atoms with van der Waals surface area (Å²) in [5, 5.41) is 1.24. The molecule has 4 rings (SSSR count). The summed E-state index contributed by atoms with van der Waals surface area (Å²) in [6, 6.07) is 22.1. The lowest BCUT2D eigenvalue weighted by molar-refractivity contribution is 1.39. The summed E-state index contributed by atoms with van der Waals surface area (Å²) in [6.45, 7) is 2.13. The highest BCUT2D eigenvalue weighted by Gasteiger charge is 2.16. The monoisotopic (exact) mass is 453 g/mol. The van der Waals surface area contributed by atoms with Gasteiger partial charge in [0, 0.05) is 30.7 Å². The van der Waals surface area contributed by atoms with E-state index in [0.717, 1.165) is 4.47 Å². The minimum atomic E-state index is 1.14. The zero-order valence-electron chi connectivity index (χ0n) is 15.5. The van der Waals surface area contributed by atoms with Crippen LogP contribution in [0.25, 0.3) is 33.3 Å². The fraction of sp³-hybridized carbons (Fsp3) is 0.130. The molecule has 0 radical (unpaired) electrons. The Bertz CT molecular complexity index is 1100. The summed E-state index contributed by atoms with van der Waals surface area (Å²) in [6.07, 6.45) is 4.22. The maximum absolute atomic E-state index is 3.71. The van der Waals surface area contributed by atoms with Crippen LogP contribution >= 0.6 is 39.5 Å². The van der Waals surface area contributed by atoms with Crippen molar-refractivity contribution in [2.75, 3.05) is 12.5 Å². The number of thioether (sulfide) groups is 2. The van der Waals surface area contributed by atoms with Gasteiger partial charge < -0.3 is 4.98 Å². The zero-order chi connectivity index (χ0) is 19.0. The van der Waals surface area contributed by atoms with E-state index in [1.165, 1.54) is 48.6 Å². The van der Waals surface area contributed by atoms with E-state index in [1.807, 2.05) is 0 Å². The molecule has 3 aromatic carbocycles. The predicted octanol–water partition coefficient (Wildman–Crippen LogP) is 8.02. The molecule has 0 fully saturated rings. The molecule has 1 heterocycles. The highest BCUT2D eigenvalue weighted by atomic mass is 79.9. The highest BCUT2D eigenvalue weighted by Crippen LogP contribution is 2.40. The number of aromatic amines is 1. The van der Waals surface area contributed by atoms with Gasteiger partial charge >= 0.3 is 0 Å². The molecule has 0 aliphatic carbocycles. The number of hydrogen-bond donors (Lipinski definition) is 1. The summed E-state index contributed by atoms with van der Waals surface area (Å²) in [4.78, 5) is 6.24. The van der Waals surface area contributed by atoms with E-state index in [9.17, 15) is 0 Å². The van der Waals surface area contributed by atoms with Gasteiger partial charge in [0.05, 0.1) is 5.69 Å². The Morgan fingerprint density at radius 1 is 0.778 bits per heavy atom. The number of fused-ring (bicyclic) bond motifs is 1. The number of rotatable bonds is 4. The van der Waals surface area contributed by atoms with E-state index < -0.39 is 0 Å². The fourth-order valence-electron chi connectivity index (χ4n) is 3.36. The molecule has 0 atom stereocenters. The molecular weight excluding hydrogens is 434 g/mol. The molecule has 4 heteroatoms. The smallest absolute Gasteiger partial charge is 0.0544 e. The molecule has 0 saturated carbocycles. The van der Waals surface area contributed by atoms with Crippen LogP contribution in [0.5, 0.6) is 0 Å². The van der Waals surface area contributed by atoms with Crippen molar-refractivity contribution in [1.29, 1.82) is 0 Å². The Hall–Kier alpha value is -1.62. The normalized spacial score (nSPS) is 11.3. The Morgan fingerprint density at radius 2 is 1.33 bits per heavy atom. The molecule has 1 aromatic heterocycles. The van der Waals surface area contributed by atoms with Crippen molar-refractivity contribution in [2.24, 2.45) is 0 Å². The third-order valence-corrected chi connectivity index (χ3v) is 7.18. The molecular formula is C23H20BrNS2. The lowest BCUT2D eigenvalue weighted by atomic mass is 9.98. The molecule has 0 bridgehead atoms. The lowest BCUT2D eigenvalue weighted by Crippen LogP contribution is -1.84. The van der Waals surface area contributed by atoms with Crippen LogP contribution in [0.1, 0.15) is 5.56 Å². The van der Waals surface area contributed by atoms with Gasteiger partial charge in [-0.15, -0.1) is 23.5 Å². The van der Waals surface area contributed by atoms with E-state index in [1.54, 1.807) is 23.5 Å². The number of aromatic nitrogens is 1. The SMILES string of the molecule is CSc1ccc(-c2[nH]c3cc(C)c(Br)cc3c2-c2ccc(SC)cc2)cc1. The predicted molar refractivity (Wildman–Crippen MR) is 125 cm³/mol. The van der Waals surface area contributed by atoms with Crippen LogP contribution in [-0.4, -0.2) is 17.5 Å². The van der Waals surface area contributed by atoms with Crippen LogP contribution in [0.2, 0.25) is 0 Å². The quantitative estimate of drug-likeness (QED) is 0.314. The Labute approximate surface area is 177 Å². The minimum Gasteiger partial charge on any atom is -0.354 e. The molecule has 1 nitrogen and oxygen atoms in total. The molecule has 0 saturated heterocycles. The summed E-state index contributed by atoms with van der Waals surface area (Å²) in [5.41, 5.74) is 7.28. The first kappa shape index (κ1) is 18.7. The molecule has 0 aliphatic heterocycles. The highest BCUT2D eigenvalue weighted by molar-refractivity contribution is 9.10. The van der Waals surface area contributed by atoms with Crippen LogP contribution in [0.3, 0.4) is 0 Å². The van der Waals surface area contributed by atoms with Gasteiger partial charge in [-0.25, -0.2) is 0 Å². The largest absolute Gasteiger partial charge is 0.354 e. The van der Waals surface area contributed by atoms with Crippen LogP contribution in [0.4, 0.5) is 0 Å². The molecule has 1 N–H and O–H groups in total. The first-order chi connectivity index (χ1) is 13.1. The van der Waals surface area contributed by atoms with Crippen molar-refractivity contribution in [3.63, 3.8) is 0 Å². The average molecular weight is 454 g/mol. The second-order valence-corrected chi connectivity index (χ2v) is 9.09. The van der Waals surface area contributed by atoms with Gasteiger partial charge in [0.2, 0.25) is 0 Å². The number of halogens is 1. The second kappa shape index (κ2) is 7.78. The molecule has 27 heavy (non-hydrogen) atoms. The van der Waals surface area contributed by atoms with Crippen molar-refractivity contribution in [1.82, 2.24) is 4.98 Å². The topological polar surface area (TPSA) is 15.8 Å². The van der Waals surface area contributed by atoms with Gasteiger partial charge in [-0.05, 0) is 72.5 Å². The molecule has 0 spiro atoms. The van der Waals surface area contributed by atoms with Crippen LogP contribution in [0, 0.1) is 6.92 Å². The van der Waals surface area contributed by atoms with Crippen LogP contribution < -0.4 is 0 Å². The Kier molecular flexibility index (Phi) is 5.40. The molecule has 0 aliphatic rings. The molecule has 0 unspecified atom stereocenters. The number of aryl methyl sites for hydroxylation is 1. The van der Waals surface area contributed by atoms with Gasteiger partial charge in [-0.1, -0.05) is 40.2 Å². The number of nitrogens with one attached hydrogen (secondary N) is 1. The van der Waals surface area contributed by atoms with E-state index in [0.29, 0.717) is 0 Å². The van der Waals surface area contributed by atoms with Crippen molar-refractivity contribution < 1.29 is 0 Å². The van der Waals surface area contributed by atoms with Gasteiger partial charge in [0.25, 0.3) is 0 Å². The first-order valence-corrected chi connectivity index (χ1v) is 12.0. The van der Waals surface area contributed by atoms with Crippen molar-refractivity contribution in [3.8, 4) is 22.4 Å².